The van der Waals surface area contributed by atoms with E-state index in [4.69, 9.17) is 0 Å². The number of anilines is 1. The van der Waals surface area contributed by atoms with Gasteiger partial charge in [0, 0.05) is 28.3 Å². The zero-order chi connectivity index (χ0) is 14.7. The molecule has 4 nitrogen and oxygen atoms in total. The van der Waals surface area contributed by atoms with Gasteiger partial charge in [-0.1, -0.05) is 28.1 Å². The Labute approximate surface area is 123 Å². The molecule has 0 radical (unpaired) electrons. The molecule has 0 aliphatic rings. The fourth-order valence-electron chi connectivity index (χ4n) is 1.83. The van der Waals surface area contributed by atoms with Gasteiger partial charge in [-0.05, 0) is 30.7 Å². The number of hydrogen-bond acceptors (Lipinski definition) is 3. The van der Waals surface area contributed by atoms with Crippen LogP contribution in [0.5, 0.6) is 0 Å². The molecule has 1 atom stereocenters. The highest BCUT2D eigenvalue weighted by atomic mass is 79.9. The van der Waals surface area contributed by atoms with Crippen LogP contribution in [0.4, 0.5) is 15.8 Å². The van der Waals surface area contributed by atoms with Gasteiger partial charge in [0.25, 0.3) is 0 Å². The molecule has 0 saturated heterocycles. The SMILES string of the molecule is CC(Nc1ccc([N+](=O)[O-])c(F)c1)c1ccc(Br)cc1. The molecular weight excluding hydrogens is 327 g/mol. The van der Waals surface area contributed by atoms with Crippen molar-refractivity contribution in [1.82, 2.24) is 0 Å². The molecule has 0 aromatic heterocycles. The van der Waals surface area contributed by atoms with Crippen molar-refractivity contribution < 1.29 is 9.31 Å². The van der Waals surface area contributed by atoms with E-state index in [2.05, 4.69) is 21.2 Å². The van der Waals surface area contributed by atoms with E-state index in [9.17, 15) is 14.5 Å². The van der Waals surface area contributed by atoms with E-state index in [1.807, 2.05) is 31.2 Å². The number of nitrogens with zero attached hydrogens (tertiary/aromatic N) is 1. The Morgan fingerprint density at radius 3 is 2.45 bits per heavy atom. The van der Waals surface area contributed by atoms with Gasteiger partial charge in [-0.3, -0.25) is 10.1 Å². The predicted octanol–water partition coefficient (Wildman–Crippen LogP) is 4.67. The van der Waals surface area contributed by atoms with Crippen LogP contribution in [0.1, 0.15) is 18.5 Å². The van der Waals surface area contributed by atoms with Crippen molar-refractivity contribution in [2.24, 2.45) is 0 Å². The molecule has 0 saturated carbocycles. The largest absolute Gasteiger partial charge is 0.378 e. The average Bonchev–Trinajstić information content (AvgIpc) is 2.39. The second kappa shape index (κ2) is 6.00. The zero-order valence-corrected chi connectivity index (χ0v) is 12.2. The monoisotopic (exact) mass is 338 g/mol. The van der Waals surface area contributed by atoms with Crippen molar-refractivity contribution >= 4 is 27.3 Å². The smallest absolute Gasteiger partial charge is 0.304 e. The van der Waals surface area contributed by atoms with E-state index in [0.29, 0.717) is 5.69 Å². The predicted molar refractivity (Wildman–Crippen MR) is 79.2 cm³/mol. The van der Waals surface area contributed by atoms with E-state index in [1.165, 1.54) is 6.07 Å². The van der Waals surface area contributed by atoms with Crippen LogP contribution in [0.3, 0.4) is 0 Å². The molecule has 1 unspecified atom stereocenters. The molecule has 2 aromatic carbocycles. The van der Waals surface area contributed by atoms with Crippen LogP contribution in [0.2, 0.25) is 0 Å². The summed E-state index contributed by atoms with van der Waals surface area (Å²) in [5.41, 5.74) is 1.02. The lowest BCUT2D eigenvalue weighted by molar-refractivity contribution is -0.387. The second-order valence-electron chi connectivity index (χ2n) is 4.34. The van der Waals surface area contributed by atoms with Crippen molar-refractivity contribution in [2.75, 3.05) is 5.32 Å². The van der Waals surface area contributed by atoms with Gasteiger partial charge >= 0.3 is 5.69 Å². The molecular formula is C14H12BrFN2O2. The first-order chi connectivity index (χ1) is 9.47. The van der Waals surface area contributed by atoms with Gasteiger partial charge in [0.15, 0.2) is 0 Å². The van der Waals surface area contributed by atoms with Crippen LogP contribution in [-0.4, -0.2) is 4.92 Å². The molecule has 0 bridgehead atoms. The molecule has 0 amide bonds. The third-order valence-electron chi connectivity index (χ3n) is 2.90. The Morgan fingerprint density at radius 1 is 1.25 bits per heavy atom. The van der Waals surface area contributed by atoms with Crippen LogP contribution in [0.25, 0.3) is 0 Å². The highest BCUT2D eigenvalue weighted by Crippen LogP contribution is 2.25. The Bertz CT molecular complexity index is 632. The van der Waals surface area contributed by atoms with Gasteiger partial charge in [0.2, 0.25) is 5.82 Å². The Balaban J connectivity index is 2.15. The van der Waals surface area contributed by atoms with Crippen molar-refractivity contribution in [1.29, 1.82) is 0 Å². The van der Waals surface area contributed by atoms with E-state index < -0.39 is 16.4 Å². The summed E-state index contributed by atoms with van der Waals surface area (Å²) < 4.78 is 14.5. The normalized spacial score (nSPS) is 11.9. The first kappa shape index (κ1) is 14.5. The molecule has 2 rings (SSSR count). The number of nitro groups is 1. The maximum atomic E-state index is 13.5. The van der Waals surface area contributed by atoms with Crippen LogP contribution in [0.15, 0.2) is 46.9 Å². The number of rotatable bonds is 4. The number of nitrogens with one attached hydrogen (secondary N) is 1. The lowest BCUT2D eigenvalue weighted by Crippen LogP contribution is -2.07. The van der Waals surface area contributed by atoms with Gasteiger partial charge in [-0.2, -0.15) is 4.39 Å². The van der Waals surface area contributed by atoms with Crippen LogP contribution >= 0.6 is 15.9 Å². The minimum atomic E-state index is -0.844. The van der Waals surface area contributed by atoms with Crippen LogP contribution in [0, 0.1) is 15.9 Å². The highest BCUT2D eigenvalue weighted by Gasteiger charge is 2.14. The van der Waals surface area contributed by atoms with Gasteiger partial charge in [0.1, 0.15) is 0 Å². The lowest BCUT2D eigenvalue weighted by atomic mass is 10.1. The first-order valence-electron chi connectivity index (χ1n) is 5.93. The minimum absolute atomic E-state index is 0.0380. The Hall–Kier alpha value is -1.95. The molecule has 0 aliphatic carbocycles. The summed E-state index contributed by atoms with van der Waals surface area (Å²) >= 11 is 3.36. The topological polar surface area (TPSA) is 55.2 Å². The van der Waals surface area contributed by atoms with E-state index in [-0.39, 0.29) is 6.04 Å². The summed E-state index contributed by atoms with van der Waals surface area (Å²) in [4.78, 5) is 9.81. The fourth-order valence-corrected chi connectivity index (χ4v) is 2.09. The van der Waals surface area contributed by atoms with Gasteiger partial charge in [0.05, 0.1) is 4.92 Å². The van der Waals surface area contributed by atoms with Crippen LogP contribution in [-0.2, 0) is 0 Å². The fraction of sp³-hybridized carbons (Fsp3) is 0.143. The average molecular weight is 339 g/mol. The number of benzene rings is 2. The molecule has 6 heteroatoms. The molecule has 2 aromatic rings. The molecule has 104 valence electrons. The summed E-state index contributed by atoms with van der Waals surface area (Å²) in [6, 6.07) is 11.5. The van der Waals surface area contributed by atoms with Gasteiger partial charge < -0.3 is 5.32 Å². The number of nitro benzene ring substituents is 1. The lowest BCUT2D eigenvalue weighted by Gasteiger charge is -2.15. The van der Waals surface area contributed by atoms with Crippen molar-refractivity contribution in [3.05, 3.63) is 68.4 Å². The maximum absolute atomic E-state index is 13.5. The summed E-state index contributed by atoms with van der Waals surface area (Å²) in [6.45, 7) is 1.93. The second-order valence-corrected chi connectivity index (χ2v) is 5.26. The first-order valence-corrected chi connectivity index (χ1v) is 6.72. The third kappa shape index (κ3) is 3.33. The van der Waals surface area contributed by atoms with Gasteiger partial charge in [-0.25, -0.2) is 0 Å². The summed E-state index contributed by atoms with van der Waals surface area (Å²) in [7, 11) is 0. The maximum Gasteiger partial charge on any atom is 0.304 e. The van der Waals surface area contributed by atoms with Crippen molar-refractivity contribution in [3.63, 3.8) is 0 Å². The van der Waals surface area contributed by atoms with E-state index in [1.54, 1.807) is 0 Å². The third-order valence-corrected chi connectivity index (χ3v) is 3.43. The number of halogens is 2. The van der Waals surface area contributed by atoms with E-state index in [0.717, 1.165) is 22.2 Å². The van der Waals surface area contributed by atoms with Crippen molar-refractivity contribution in [2.45, 2.75) is 13.0 Å². The van der Waals surface area contributed by atoms with Crippen molar-refractivity contribution in [3.8, 4) is 0 Å². The Morgan fingerprint density at radius 2 is 1.90 bits per heavy atom. The highest BCUT2D eigenvalue weighted by molar-refractivity contribution is 9.10. The zero-order valence-electron chi connectivity index (χ0n) is 10.6. The molecule has 1 N–H and O–H groups in total. The number of hydrogen-bond donors (Lipinski definition) is 1. The quantitative estimate of drug-likeness (QED) is 0.651. The standard InChI is InChI=1S/C14H12BrFN2O2/c1-9(10-2-4-11(15)5-3-10)17-12-6-7-14(18(19)20)13(16)8-12/h2-9,17H,1H3. The van der Waals surface area contributed by atoms with E-state index >= 15 is 0 Å². The van der Waals surface area contributed by atoms with Gasteiger partial charge in [-0.15, -0.1) is 0 Å². The molecule has 20 heavy (non-hydrogen) atoms. The molecule has 0 aliphatic heterocycles. The molecule has 0 spiro atoms. The summed E-state index contributed by atoms with van der Waals surface area (Å²) in [5.74, 6) is -0.844. The summed E-state index contributed by atoms with van der Waals surface area (Å²) in [5, 5.41) is 13.7. The molecule has 0 fully saturated rings. The Kier molecular flexibility index (Phi) is 4.34. The summed E-state index contributed by atoms with van der Waals surface area (Å²) in [6.07, 6.45) is 0. The van der Waals surface area contributed by atoms with Crippen LogP contribution < -0.4 is 5.32 Å². The molecule has 0 heterocycles. The minimum Gasteiger partial charge on any atom is -0.378 e.